The van der Waals surface area contributed by atoms with Crippen molar-refractivity contribution in [2.75, 3.05) is 25.1 Å². The van der Waals surface area contributed by atoms with Crippen molar-refractivity contribution in [3.05, 3.63) is 59.2 Å². The van der Waals surface area contributed by atoms with Crippen LogP contribution in [-0.2, 0) is 6.42 Å². The number of hydrogen-bond donors (Lipinski definition) is 1. The summed E-state index contributed by atoms with van der Waals surface area (Å²) in [6.45, 7) is 3.28. The molecule has 1 aliphatic rings. The summed E-state index contributed by atoms with van der Waals surface area (Å²) in [4.78, 5) is 26.8. The molecule has 0 aliphatic carbocycles. The number of fused-ring (bicyclic) bond motifs is 1. The Labute approximate surface area is 147 Å². The highest BCUT2D eigenvalue weighted by atomic mass is 16.5. The zero-order chi connectivity index (χ0) is 17.8. The van der Waals surface area contributed by atoms with Gasteiger partial charge in [0.2, 0.25) is 0 Å². The van der Waals surface area contributed by atoms with Gasteiger partial charge in [-0.2, -0.15) is 0 Å². The molecule has 0 spiro atoms. The minimum absolute atomic E-state index is 0.0625. The fourth-order valence-electron chi connectivity index (χ4n) is 2.96. The van der Waals surface area contributed by atoms with Gasteiger partial charge in [0, 0.05) is 29.9 Å². The van der Waals surface area contributed by atoms with Gasteiger partial charge in [-0.05, 0) is 54.8 Å². The van der Waals surface area contributed by atoms with E-state index in [1.807, 2.05) is 25.1 Å². The molecular formula is C20H22N2O3. The van der Waals surface area contributed by atoms with Gasteiger partial charge in [0.15, 0.2) is 0 Å². The first kappa shape index (κ1) is 17.0. The molecular weight excluding hydrogens is 316 g/mol. The number of methoxy groups -OCH3 is 1. The first-order valence-electron chi connectivity index (χ1n) is 8.51. The number of nitrogens with one attached hydrogen (secondary N) is 1. The number of carbonyl (C=O) groups is 2. The molecule has 5 heteroatoms. The van der Waals surface area contributed by atoms with E-state index in [4.69, 9.17) is 4.74 Å². The second-order valence-corrected chi connectivity index (χ2v) is 6.03. The highest BCUT2D eigenvalue weighted by Gasteiger charge is 2.26. The molecule has 2 amide bonds. The minimum Gasteiger partial charge on any atom is -0.497 e. The van der Waals surface area contributed by atoms with Crippen molar-refractivity contribution in [1.29, 1.82) is 0 Å². The van der Waals surface area contributed by atoms with Gasteiger partial charge in [-0.15, -0.1) is 0 Å². The predicted molar refractivity (Wildman–Crippen MR) is 97.4 cm³/mol. The van der Waals surface area contributed by atoms with Crippen LogP contribution in [0.25, 0.3) is 0 Å². The van der Waals surface area contributed by atoms with Crippen molar-refractivity contribution < 1.29 is 14.3 Å². The van der Waals surface area contributed by atoms with Gasteiger partial charge >= 0.3 is 0 Å². The van der Waals surface area contributed by atoms with Crippen LogP contribution in [0.15, 0.2) is 42.5 Å². The Morgan fingerprint density at radius 3 is 2.52 bits per heavy atom. The average molecular weight is 338 g/mol. The van der Waals surface area contributed by atoms with Crippen LogP contribution in [0.3, 0.4) is 0 Å². The first-order chi connectivity index (χ1) is 12.1. The van der Waals surface area contributed by atoms with E-state index in [1.165, 1.54) is 0 Å². The highest BCUT2D eigenvalue weighted by molar-refractivity contribution is 6.08. The molecule has 1 aliphatic heterocycles. The standard InChI is InChI=1S/C20H22N2O3/c1-3-11-21-19(23)16-5-4-14-10-12-22(18(14)13-16)20(24)15-6-8-17(25-2)9-7-15/h4-9,13H,3,10-12H2,1-2H3,(H,21,23). The molecule has 3 rings (SSSR count). The molecule has 2 aromatic rings. The van der Waals surface area contributed by atoms with E-state index < -0.39 is 0 Å². The maximum Gasteiger partial charge on any atom is 0.258 e. The van der Waals surface area contributed by atoms with Crippen LogP contribution in [0.1, 0.15) is 39.6 Å². The second-order valence-electron chi connectivity index (χ2n) is 6.03. The molecule has 5 nitrogen and oxygen atoms in total. The third-order valence-corrected chi connectivity index (χ3v) is 4.36. The predicted octanol–water partition coefficient (Wildman–Crippen LogP) is 3.04. The fourth-order valence-corrected chi connectivity index (χ4v) is 2.96. The molecule has 0 fully saturated rings. The Bertz CT molecular complexity index is 784. The number of rotatable bonds is 5. The Kier molecular flexibility index (Phi) is 5.03. The van der Waals surface area contributed by atoms with E-state index in [1.54, 1.807) is 36.3 Å². The van der Waals surface area contributed by atoms with Crippen LogP contribution >= 0.6 is 0 Å². The van der Waals surface area contributed by atoms with E-state index >= 15 is 0 Å². The number of nitrogens with zero attached hydrogens (tertiary/aromatic N) is 1. The zero-order valence-electron chi connectivity index (χ0n) is 14.5. The summed E-state index contributed by atoms with van der Waals surface area (Å²) in [6.07, 6.45) is 1.69. The van der Waals surface area contributed by atoms with Crippen LogP contribution in [0, 0.1) is 0 Å². The normalized spacial score (nSPS) is 12.6. The van der Waals surface area contributed by atoms with Crippen molar-refractivity contribution in [2.24, 2.45) is 0 Å². The van der Waals surface area contributed by atoms with Gasteiger partial charge in [-0.25, -0.2) is 0 Å². The lowest BCUT2D eigenvalue weighted by Crippen LogP contribution is -2.29. The smallest absolute Gasteiger partial charge is 0.258 e. The molecule has 0 aromatic heterocycles. The molecule has 0 bridgehead atoms. The molecule has 0 radical (unpaired) electrons. The first-order valence-corrected chi connectivity index (χ1v) is 8.51. The molecule has 0 saturated heterocycles. The molecule has 0 unspecified atom stereocenters. The number of hydrogen-bond acceptors (Lipinski definition) is 3. The number of carbonyl (C=O) groups excluding carboxylic acids is 2. The lowest BCUT2D eigenvalue weighted by atomic mass is 10.1. The monoisotopic (exact) mass is 338 g/mol. The molecule has 2 aromatic carbocycles. The topological polar surface area (TPSA) is 58.6 Å². The molecule has 25 heavy (non-hydrogen) atoms. The lowest BCUT2D eigenvalue weighted by molar-refractivity contribution is 0.0950. The lowest BCUT2D eigenvalue weighted by Gasteiger charge is -2.18. The van der Waals surface area contributed by atoms with Crippen LogP contribution in [0.4, 0.5) is 5.69 Å². The Balaban J connectivity index is 1.84. The summed E-state index contributed by atoms with van der Waals surface area (Å²) in [6, 6.07) is 12.7. The van der Waals surface area contributed by atoms with Gasteiger partial charge < -0.3 is 15.0 Å². The zero-order valence-corrected chi connectivity index (χ0v) is 14.5. The summed E-state index contributed by atoms with van der Waals surface area (Å²) in [5.74, 6) is 0.550. The van der Waals surface area contributed by atoms with Gasteiger partial charge in [0.05, 0.1) is 7.11 Å². The largest absolute Gasteiger partial charge is 0.497 e. The Morgan fingerprint density at radius 1 is 1.12 bits per heavy atom. The average Bonchev–Trinajstić information content (AvgIpc) is 3.08. The molecule has 0 saturated carbocycles. The van der Waals surface area contributed by atoms with Crippen LogP contribution in [0.2, 0.25) is 0 Å². The Hall–Kier alpha value is -2.82. The van der Waals surface area contributed by atoms with Crippen molar-refractivity contribution in [2.45, 2.75) is 19.8 Å². The van der Waals surface area contributed by atoms with Crippen molar-refractivity contribution in [1.82, 2.24) is 5.32 Å². The van der Waals surface area contributed by atoms with Gasteiger partial charge in [-0.1, -0.05) is 13.0 Å². The highest BCUT2D eigenvalue weighted by Crippen LogP contribution is 2.30. The van der Waals surface area contributed by atoms with Gasteiger partial charge in [-0.3, -0.25) is 9.59 Å². The summed E-state index contributed by atoms with van der Waals surface area (Å²) >= 11 is 0. The van der Waals surface area contributed by atoms with Crippen molar-refractivity contribution in [3.8, 4) is 5.75 Å². The second kappa shape index (κ2) is 7.38. The van der Waals surface area contributed by atoms with Crippen LogP contribution < -0.4 is 15.0 Å². The van der Waals surface area contributed by atoms with E-state index in [-0.39, 0.29) is 11.8 Å². The van der Waals surface area contributed by atoms with E-state index in [2.05, 4.69) is 5.32 Å². The molecule has 130 valence electrons. The Morgan fingerprint density at radius 2 is 1.84 bits per heavy atom. The molecule has 1 N–H and O–H groups in total. The number of ether oxygens (including phenoxy) is 1. The molecule has 0 atom stereocenters. The maximum absolute atomic E-state index is 12.8. The summed E-state index contributed by atoms with van der Waals surface area (Å²) in [5, 5.41) is 2.87. The van der Waals surface area contributed by atoms with E-state index in [0.29, 0.717) is 30.0 Å². The van der Waals surface area contributed by atoms with Gasteiger partial charge in [0.1, 0.15) is 5.75 Å². The number of amides is 2. The minimum atomic E-state index is -0.103. The SMILES string of the molecule is CCCNC(=O)c1ccc2c(c1)N(C(=O)c1ccc(OC)cc1)CC2. The maximum atomic E-state index is 12.8. The summed E-state index contributed by atoms with van der Waals surface area (Å²) < 4.78 is 5.14. The quantitative estimate of drug-likeness (QED) is 0.912. The van der Waals surface area contributed by atoms with Crippen LogP contribution in [-0.4, -0.2) is 32.0 Å². The van der Waals surface area contributed by atoms with E-state index in [0.717, 1.165) is 24.1 Å². The van der Waals surface area contributed by atoms with Crippen molar-refractivity contribution in [3.63, 3.8) is 0 Å². The fraction of sp³-hybridized carbons (Fsp3) is 0.300. The number of benzene rings is 2. The number of anilines is 1. The van der Waals surface area contributed by atoms with Gasteiger partial charge in [0.25, 0.3) is 11.8 Å². The van der Waals surface area contributed by atoms with E-state index in [9.17, 15) is 9.59 Å². The third-order valence-electron chi connectivity index (χ3n) is 4.36. The summed E-state index contributed by atoms with van der Waals surface area (Å²) in [5.41, 5.74) is 3.11. The summed E-state index contributed by atoms with van der Waals surface area (Å²) in [7, 11) is 1.60. The third kappa shape index (κ3) is 3.50. The van der Waals surface area contributed by atoms with Crippen LogP contribution in [0.5, 0.6) is 5.75 Å². The van der Waals surface area contributed by atoms with Crippen molar-refractivity contribution >= 4 is 17.5 Å². The molecule has 1 heterocycles.